The zero-order valence-corrected chi connectivity index (χ0v) is 14.3. The largest absolute Gasteiger partial charge is 0.396 e. The van der Waals surface area contributed by atoms with Crippen molar-refractivity contribution < 1.29 is 13.5 Å². The average molecular weight is 386 g/mol. The molecule has 1 heterocycles. The smallest absolute Gasteiger partial charge is 0.243 e. The number of sulfonamides is 1. The number of nitrogens with one attached hydrogen (secondary N) is 1. The maximum absolute atomic E-state index is 12.2. The molecule has 0 amide bonds. The molecule has 1 aromatic rings. The molecule has 0 aliphatic rings. The Hall–Kier alpha value is -0.210. The van der Waals surface area contributed by atoms with Crippen molar-refractivity contribution in [1.82, 2.24) is 9.71 Å². The van der Waals surface area contributed by atoms with Crippen LogP contribution in [0.25, 0.3) is 0 Å². The molecule has 1 aromatic heterocycles. The zero-order valence-electron chi connectivity index (χ0n) is 11.1. The van der Waals surface area contributed by atoms with Crippen LogP contribution in [-0.4, -0.2) is 31.7 Å². The van der Waals surface area contributed by atoms with Gasteiger partial charge in [-0.05, 0) is 40.8 Å². The highest BCUT2D eigenvalue weighted by Crippen LogP contribution is 2.23. The van der Waals surface area contributed by atoms with Crippen molar-refractivity contribution >= 4 is 37.6 Å². The number of aromatic nitrogens is 1. The summed E-state index contributed by atoms with van der Waals surface area (Å²) in [6, 6.07) is 1.42. The molecule has 0 radical (unpaired) electrons. The fraction of sp³-hybridized carbons (Fsp3) is 0.583. The van der Waals surface area contributed by atoms with Crippen LogP contribution in [-0.2, 0) is 10.0 Å². The summed E-state index contributed by atoms with van der Waals surface area (Å²) in [7, 11) is -3.70. The molecule has 5 nitrogen and oxygen atoms in total. The predicted octanol–water partition coefficient (Wildman–Crippen LogP) is 2.57. The van der Waals surface area contributed by atoms with Crippen molar-refractivity contribution in [3.8, 4) is 0 Å². The standard InChI is InChI=1S/C12H18BrClN2O3S/c1-2-3-9(4-5-17)7-16-20(18,19)11-6-10(13)8-15-12(11)14/h6,8-9,16-17H,2-5,7H2,1H3. The monoisotopic (exact) mass is 384 g/mol. The second-order valence-corrected chi connectivity index (χ2v) is 7.47. The lowest BCUT2D eigenvalue weighted by Gasteiger charge is -2.16. The van der Waals surface area contributed by atoms with Crippen LogP contribution in [0.1, 0.15) is 26.2 Å². The lowest BCUT2D eigenvalue weighted by Crippen LogP contribution is -2.30. The van der Waals surface area contributed by atoms with E-state index in [1.165, 1.54) is 12.3 Å². The van der Waals surface area contributed by atoms with Crippen LogP contribution in [0.3, 0.4) is 0 Å². The Labute approximate surface area is 132 Å². The van der Waals surface area contributed by atoms with Gasteiger partial charge in [0, 0.05) is 23.8 Å². The zero-order chi connectivity index (χ0) is 15.2. The summed E-state index contributed by atoms with van der Waals surface area (Å²) in [6.07, 6.45) is 3.80. The molecule has 0 aromatic carbocycles. The topological polar surface area (TPSA) is 79.3 Å². The average Bonchev–Trinajstić information content (AvgIpc) is 2.39. The molecular formula is C12H18BrClN2O3S. The number of halogens is 2. The number of aliphatic hydroxyl groups is 1. The highest BCUT2D eigenvalue weighted by atomic mass is 79.9. The molecule has 8 heteroatoms. The van der Waals surface area contributed by atoms with Crippen LogP contribution >= 0.6 is 27.5 Å². The second kappa shape index (κ2) is 8.29. The Balaban J connectivity index is 2.81. The first-order chi connectivity index (χ1) is 9.40. The van der Waals surface area contributed by atoms with Gasteiger partial charge in [0.05, 0.1) is 0 Å². The highest BCUT2D eigenvalue weighted by molar-refractivity contribution is 9.10. The third kappa shape index (κ3) is 5.29. The number of hydrogen-bond donors (Lipinski definition) is 2. The first kappa shape index (κ1) is 17.8. The minimum absolute atomic E-state index is 0.0472. The van der Waals surface area contributed by atoms with Gasteiger partial charge in [-0.25, -0.2) is 18.1 Å². The molecule has 0 bridgehead atoms. The van der Waals surface area contributed by atoms with Gasteiger partial charge in [0.1, 0.15) is 10.0 Å². The van der Waals surface area contributed by atoms with Crippen molar-refractivity contribution in [2.45, 2.75) is 31.1 Å². The summed E-state index contributed by atoms with van der Waals surface area (Å²) in [4.78, 5) is 3.76. The lowest BCUT2D eigenvalue weighted by atomic mass is 10.0. The predicted molar refractivity (Wildman–Crippen MR) is 82.2 cm³/mol. The summed E-state index contributed by atoms with van der Waals surface area (Å²) >= 11 is 9.00. The van der Waals surface area contributed by atoms with Crippen LogP contribution in [0.15, 0.2) is 21.6 Å². The van der Waals surface area contributed by atoms with Gasteiger partial charge in [-0.3, -0.25) is 0 Å². The van der Waals surface area contributed by atoms with E-state index in [9.17, 15) is 8.42 Å². The van der Waals surface area contributed by atoms with E-state index < -0.39 is 10.0 Å². The molecule has 0 aliphatic heterocycles. The number of rotatable bonds is 8. The van der Waals surface area contributed by atoms with Gasteiger partial charge >= 0.3 is 0 Å². The summed E-state index contributed by atoms with van der Waals surface area (Å²) in [5.74, 6) is 0.110. The molecule has 0 saturated heterocycles. The van der Waals surface area contributed by atoms with E-state index in [4.69, 9.17) is 16.7 Å². The molecular weight excluding hydrogens is 368 g/mol. The molecule has 114 valence electrons. The van der Waals surface area contributed by atoms with E-state index in [1.54, 1.807) is 0 Å². The fourth-order valence-electron chi connectivity index (χ4n) is 1.84. The molecule has 1 rings (SSSR count). The summed E-state index contributed by atoms with van der Waals surface area (Å²) in [6.45, 7) is 2.35. The van der Waals surface area contributed by atoms with Crippen LogP contribution in [0, 0.1) is 5.92 Å². The van der Waals surface area contributed by atoms with Gasteiger partial charge in [-0.1, -0.05) is 24.9 Å². The van der Waals surface area contributed by atoms with Crippen LogP contribution in [0.2, 0.25) is 5.15 Å². The van der Waals surface area contributed by atoms with Gasteiger partial charge in [0.15, 0.2) is 0 Å². The summed E-state index contributed by atoms with van der Waals surface area (Å²) in [5.41, 5.74) is 0. The molecule has 0 saturated carbocycles. The van der Waals surface area contributed by atoms with E-state index in [-0.39, 0.29) is 29.1 Å². The van der Waals surface area contributed by atoms with Crippen molar-refractivity contribution in [3.05, 3.63) is 21.9 Å². The van der Waals surface area contributed by atoms with E-state index in [2.05, 4.69) is 25.6 Å². The number of aliphatic hydroxyl groups excluding tert-OH is 1. The quantitative estimate of drug-likeness (QED) is 0.674. The van der Waals surface area contributed by atoms with Crippen molar-refractivity contribution in [2.24, 2.45) is 5.92 Å². The van der Waals surface area contributed by atoms with Crippen molar-refractivity contribution in [2.75, 3.05) is 13.2 Å². The number of nitrogens with zero attached hydrogens (tertiary/aromatic N) is 1. The van der Waals surface area contributed by atoms with Gasteiger partial charge in [-0.15, -0.1) is 0 Å². The minimum atomic E-state index is -3.70. The molecule has 1 atom stereocenters. The Morgan fingerprint density at radius 2 is 2.20 bits per heavy atom. The van der Waals surface area contributed by atoms with E-state index in [0.717, 1.165) is 12.8 Å². The molecule has 0 fully saturated rings. The maximum atomic E-state index is 12.2. The highest BCUT2D eigenvalue weighted by Gasteiger charge is 2.20. The van der Waals surface area contributed by atoms with Crippen LogP contribution < -0.4 is 4.72 Å². The molecule has 0 spiro atoms. The van der Waals surface area contributed by atoms with Gasteiger partial charge in [0.25, 0.3) is 0 Å². The van der Waals surface area contributed by atoms with E-state index in [0.29, 0.717) is 10.9 Å². The summed E-state index contributed by atoms with van der Waals surface area (Å²) < 4.78 is 27.5. The van der Waals surface area contributed by atoms with Gasteiger partial charge < -0.3 is 5.11 Å². The van der Waals surface area contributed by atoms with Crippen molar-refractivity contribution in [3.63, 3.8) is 0 Å². The number of pyridine rings is 1. The third-order valence-corrected chi connectivity index (χ3v) is 5.14. The van der Waals surface area contributed by atoms with E-state index >= 15 is 0 Å². The van der Waals surface area contributed by atoms with Gasteiger partial charge in [0.2, 0.25) is 10.0 Å². The van der Waals surface area contributed by atoms with Crippen LogP contribution in [0.5, 0.6) is 0 Å². The fourth-order valence-corrected chi connectivity index (χ4v) is 3.90. The van der Waals surface area contributed by atoms with Gasteiger partial charge in [-0.2, -0.15) is 0 Å². The second-order valence-electron chi connectivity index (χ2n) is 4.46. The molecule has 0 aliphatic carbocycles. The Morgan fingerprint density at radius 1 is 1.50 bits per heavy atom. The maximum Gasteiger partial charge on any atom is 0.243 e. The minimum Gasteiger partial charge on any atom is -0.396 e. The normalized spacial score (nSPS) is 13.4. The molecule has 2 N–H and O–H groups in total. The Kier molecular flexibility index (Phi) is 7.39. The third-order valence-electron chi connectivity index (χ3n) is 2.86. The lowest BCUT2D eigenvalue weighted by molar-refractivity contribution is 0.251. The number of hydrogen-bond acceptors (Lipinski definition) is 4. The molecule has 1 unspecified atom stereocenters. The first-order valence-corrected chi connectivity index (χ1v) is 8.97. The Morgan fingerprint density at radius 3 is 2.80 bits per heavy atom. The Bertz CT molecular complexity index is 534. The first-order valence-electron chi connectivity index (χ1n) is 6.32. The van der Waals surface area contributed by atoms with Crippen LogP contribution in [0.4, 0.5) is 0 Å². The molecule has 20 heavy (non-hydrogen) atoms. The van der Waals surface area contributed by atoms with Crippen molar-refractivity contribution in [1.29, 1.82) is 0 Å². The SMILES string of the molecule is CCCC(CCO)CNS(=O)(=O)c1cc(Br)cnc1Cl. The summed E-state index contributed by atoms with van der Waals surface area (Å²) in [5, 5.41) is 8.92. The van der Waals surface area contributed by atoms with E-state index in [1.807, 2.05) is 6.92 Å².